The van der Waals surface area contributed by atoms with Crippen LogP contribution in [0.4, 0.5) is 0 Å². The van der Waals surface area contributed by atoms with Crippen molar-refractivity contribution >= 4 is 0 Å². The van der Waals surface area contributed by atoms with Gasteiger partial charge in [-0.2, -0.15) is 0 Å². The number of nitrogens with one attached hydrogen (secondary N) is 1. The van der Waals surface area contributed by atoms with Gasteiger partial charge in [0, 0.05) is 12.1 Å². The van der Waals surface area contributed by atoms with Crippen LogP contribution in [-0.2, 0) is 0 Å². The Morgan fingerprint density at radius 1 is 1.00 bits per heavy atom. The van der Waals surface area contributed by atoms with Crippen molar-refractivity contribution in [2.75, 3.05) is 19.6 Å². The third-order valence-corrected chi connectivity index (χ3v) is 4.29. The molecular formula is C14H28N2. The average Bonchev–Trinajstić information content (AvgIpc) is 2.38. The summed E-state index contributed by atoms with van der Waals surface area (Å²) in [7, 11) is 0. The molecule has 1 N–H and O–H groups in total. The molecule has 16 heavy (non-hydrogen) atoms. The number of rotatable bonds is 4. The Morgan fingerprint density at radius 2 is 1.69 bits per heavy atom. The topological polar surface area (TPSA) is 15.3 Å². The lowest BCUT2D eigenvalue weighted by molar-refractivity contribution is 0.121. The highest BCUT2D eigenvalue weighted by Crippen LogP contribution is 2.25. The lowest BCUT2D eigenvalue weighted by atomic mass is 9.89. The predicted octanol–water partition coefficient (Wildman–Crippen LogP) is 2.78. The summed E-state index contributed by atoms with van der Waals surface area (Å²) in [5.74, 6) is 0. The van der Waals surface area contributed by atoms with Gasteiger partial charge in [0.05, 0.1) is 0 Å². The highest BCUT2D eigenvalue weighted by atomic mass is 15.2. The van der Waals surface area contributed by atoms with Gasteiger partial charge in [0.15, 0.2) is 0 Å². The van der Waals surface area contributed by atoms with E-state index in [0.29, 0.717) is 0 Å². The maximum absolute atomic E-state index is 3.68. The van der Waals surface area contributed by atoms with E-state index in [-0.39, 0.29) is 0 Å². The minimum Gasteiger partial charge on any atom is -0.314 e. The first-order valence-corrected chi connectivity index (χ1v) is 7.37. The van der Waals surface area contributed by atoms with E-state index in [0.717, 1.165) is 12.1 Å². The second kappa shape index (κ2) is 6.61. The van der Waals surface area contributed by atoms with Gasteiger partial charge in [-0.15, -0.1) is 0 Å². The predicted molar refractivity (Wildman–Crippen MR) is 69.8 cm³/mol. The molecule has 0 radical (unpaired) electrons. The third kappa shape index (κ3) is 3.46. The van der Waals surface area contributed by atoms with Crippen molar-refractivity contribution < 1.29 is 0 Å². The lowest BCUT2D eigenvalue weighted by Crippen LogP contribution is -2.44. The Labute approximate surface area is 101 Å². The van der Waals surface area contributed by atoms with Gasteiger partial charge in [-0.25, -0.2) is 0 Å². The molecule has 2 fully saturated rings. The fraction of sp³-hybridized carbons (Fsp3) is 1.00. The van der Waals surface area contributed by atoms with Crippen LogP contribution in [0.2, 0.25) is 0 Å². The molecule has 0 amide bonds. The Kier molecular flexibility index (Phi) is 5.11. The van der Waals surface area contributed by atoms with Crippen molar-refractivity contribution in [1.29, 1.82) is 0 Å². The minimum atomic E-state index is 0.820. The second-order valence-corrected chi connectivity index (χ2v) is 5.56. The molecule has 1 saturated heterocycles. The zero-order chi connectivity index (χ0) is 11.2. The average molecular weight is 224 g/mol. The Morgan fingerprint density at radius 3 is 2.31 bits per heavy atom. The molecule has 2 aliphatic rings. The van der Waals surface area contributed by atoms with Gasteiger partial charge in [-0.05, 0) is 64.6 Å². The van der Waals surface area contributed by atoms with Crippen LogP contribution in [0.15, 0.2) is 0 Å². The Bertz CT molecular complexity index is 179. The Balaban J connectivity index is 1.67. The standard InChI is InChI=1S/C14H28N2/c1-2-10-15-13-6-8-14(9-7-13)16-11-4-3-5-12-16/h13-15H,2-12H2,1H3. The fourth-order valence-electron chi connectivity index (χ4n) is 3.28. The first-order valence-electron chi connectivity index (χ1n) is 7.37. The van der Waals surface area contributed by atoms with E-state index in [1.165, 1.54) is 71.0 Å². The van der Waals surface area contributed by atoms with Gasteiger partial charge in [0.25, 0.3) is 0 Å². The molecule has 1 heterocycles. The smallest absolute Gasteiger partial charge is 0.00964 e. The number of hydrogen-bond acceptors (Lipinski definition) is 2. The lowest BCUT2D eigenvalue weighted by Gasteiger charge is -2.39. The molecule has 1 aliphatic carbocycles. The molecule has 1 saturated carbocycles. The fourth-order valence-corrected chi connectivity index (χ4v) is 3.28. The van der Waals surface area contributed by atoms with Crippen molar-refractivity contribution in [2.45, 2.75) is 70.4 Å². The largest absolute Gasteiger partial charge is 0.314 e. The molecule has 0 bridgehead atoms. The quantitative estimate of drug-likeness (QED) is 0.790. The minimum absolute atomic E-state index is 0.820. The van der Waals surface area contributed by atoms with Crippen LogP contribution >= 0.6 is 0 Å². The number of likely N-dealkylation sites (tertiary alicyclic amines) is 1. The second-order valence-electron chi connectivity index (χ2n) is 5.56. The van der Waals surface area contributed by atoms with Gasteiger partial charge in [0.1, 0.15) is 0 Å². The van der Waals surface area contributed by atoms with E-state index in [4.69, 9.17) is 0 Å². The highest BCUT2D eigenvalue weighted by Gasteiger charge is 2.26. The van der Waals surface area contributed by atoms with Gasteiger partial charge < -0.3 is 10.2 Å². The number of nitrogens with zero attached hydrogens (tertiary/aromatic N) is 1. The van der Waals surface area contributed by atoms with E-state index in [9.17, 15) is 0 Å². The molecule has 1 aliphatic heterocycles. The van der Waals surface area contributed by atoms with Crippen LogP contribution in [0.5, 0.6) is 0 Å². The van der Waals surface area contributed by atoms with Crippen molar-refractivity contribution in [2.24, 2.45) is 0 Å². The zero-order valence-electron chi connectivity index (χ0n) is 10.9. The molecule has 94 valence electrons. The van der Waals surface area contributed by atoms with Gasteiger partial charge >= 0.3 is 0 Å². The monoisotopic (exact) mass is 224 g/mol. The molecule has 0 aromatic rings. The van der Waals surface area contributed by atoms with E-state index in [1.807, 2.05) is 0 Å². The van der Waals surface area contributed by atoms with Crippen LogP contribution in [0, 0.1) is 0 Å². The van der Waals surface area contributed by atoms with Gasteiger partial charge in [-0.1, -0.05) is 13.3 Å². The van der Waals surface area contributed by atoms with E-state index in [1.54, 1.807) is 0 Å². The highest BCUT2D eigenvalue weighted by molar-refractivity contribution is 4.83. The molecular weight excluding hydrogens is 196 g/mol. The van der Waals surface area contributed by atoms with Gasteiger partial charge in [0.2, 0.25) is 0 Å². The van der Waals surface area contributed by atoms with Crippen molar-refractivity contribution in [3.8, 4) is 0 Å². The molecule has 2 nitrogen and oxygen atoms in total. The Hall–Kier alpha value is -0.0800. The first-order chi connectivity index (χ1) is 7.90. The summed E-state index contributed by atoms with van der Waals surface area (Å²) in [4.78, 5) is 2.76. The molecule has 0 spiro atoms. The third-order valence-electron chi connectivity index (χ3n) is 4.29. The molecule has 0 atom stereocenters. The van der Waals surface area contributed by atoms with E-state index >= 15 is 0 Å². The first kappa shape index (κ1) is 12.4. The maximum Gasteiger partial charge on any atom is 0.00964 e. The van der Waals surface area contributed by atoms with Crippen molar-refractivity contribution in [1.82, 2.24) is 10.2 Å². The summed E-state index contributed by atoms with van der Waals surface area (Å²) in [5, 5.41) is 3.68. The molecule has 0 aromatic heterocycles. The zero-order valence-corrected chi connectivity index (χ0v) is 10.9. The van der Waals surface area contributed by atoms with Crippen molar-refractivity contribution in [3.05, 3.63) is 0 Å². The maximum atomic E-state index is 3.68. The van der Waals surface area contributed by atoms with Crippen LogP contribution in [0.1, 0.15) is 58.3 Å². The number of piperidine rings is 1. The van der Waals surface area contributed by atoms with Crippen molar-refractivity contribution in [3.63, 3.8) is 0 Å². The SMILES string of the molecule is CCCNC1CCC(N2CCCCC2)CC1. The van der Waals surface area contributed by atoms with Crippen LogP contribution in [-0.4, -0.2) is 36.6 Å². The normalized spacial score (nSPS) is 32.8. The van der Waals surface area contributed by atoms with Gasteiger partial charge in [-0.3, -0.25) is 0 Å². The molecule has 0 aromatic carbocycles. The molecule has 2 heteroatoms. The summed E-state index contributed by atoms with van der Waals surface area (Å²) in [6.07, 6.45) is 11.3. The summed E-state index contributed by atoms with van der Waals surface area (Å²) in [6.45, 7) is 6.21. The summed E-state index contributed by atoms with van der Waals surface area (Å²) >= 11 is 0. The van der Waals surface area contributed by atoms with Crippen LogP contribution in [0.3, 0.4) is 0 Å². The van der Waals surface area contributed by atoms with Crippen LogP contribution < -0.4 is 5.32 Å². The summed E-state index contributed by atoms with van der Waals surface area (Å²) < 4.78 is 0. The van der Waals surface area contributed by atoms with E-state index in [2.05, 4.69) is 17.1 Å². The van der Waals surface area contributed by atoms with Crippen LogP contribution in [0.25, 0.3) is 0 Å². The number of hydrogen-bond donors (Lipinski definition) is 1. The summed E-state index contributed by atoms with van der Waals surface area (Å²) in [5.41, 5.74) is 0. The van der Waals surface area contributed by atoms with E-state index < -0.39 is 0 Å². The molecule has 2 rings (SSSR count). The molecule has 0 unspecified atom stereocenters. The summed E-state index contributed by atoms with van der Waals surface area (Å²) in [6, 6.07) is 1.74.